The standard InChI is InChI=1S/C21H15Cl3FN3OS.C2H6.CH3Cl/c1-11(2)28-21(29)19(15-5-3-12(22)7-16(15)23)20-26-9-14(10-27(20)28)30-18-6-4-13(25)8-17(18)24;2*1-2/h3-11H,1-2H3;1-2H3;1H3. The van der Waals surface area contributed by atoms with E-state index in [1.54, 1.807) is 45.9 Å². The molecule has 0 bridgehead atoms. The van der Waals surface area contributed by atoms with Gasteiger partial charge in [-0.15, -0.1) is 11.6 Å². The fourth-order valence-electron chi connectivity index (χ4n) is 3.20. The Hall–Kier alpha value is -1.70. The molecule has 0 spiro atoms. The zero-order chi connectivity index (χ0) is 25.6. The van der Waals surface area contributed by atoms with Crippen molar-refractivity contribution in [3.05, 3.63) is 80.0 Å². The third-order valence-electron chi connectivity index (χ3n) is 4.47. The van der Waals surface area contributed by atoms with E-state index in [0.29, 0.717) is 36.7 Å². The number of alkyl halides is 1. The SMILES string of the molecule is CC.CC(C)n1c(=O)c(-c2ccc(Cl)cc2Cl)c2ncc(Sc3ccc(F)cc3Cl)cn21.CCl. The maximum Gasteiger partial charge on any atom is 0.277 e. The summed E-state index contributed by atoms with van der Waals surface area (Å²) < 4.78 is 16.7. The predicted octanol–water partition coefficient (Wildman–Crippen LogP) is 8.88. The van der Waals surface area contributed by atoms with Crippen LogP contribution in [0.4, 0.5) is 4.39 Å². The molecule has 0 amide bonds. The van der Waals surface area contributed by atoms with E-state index in [1.165, 1.54) is 30.3 Å². The van der Waals surface area contributed by atoms with E-state index in [1.807, 2.05) is 27.7 Å². The molecular weight excluding hydrogens is 539 g/mol. The first-order chi connectivity index (χ1) is 16.3. The number of benzene rings is 2. The maximum atomic E-state index is 13.3. The van der Waals surface area contributed by atoms with Crippen LogP contribution in [0.15, 0.2) is 63.4 Å². The van der Waals surface area contributed by atoms with Crippen LogP contribution < -0.4 is 5.56 Å². The van der Waals surface area contributed by atoms with Gasteiger partial charge in [-0.2, -0.15) is 0 Å². The van der Waals surface area contributed by atoms with Gasteiger partial charge in [-0.3, -0.25) is 4.79 Å². The monoisotopic (exact) mass is 561 g/mol. The molecule has 4 aromatic rings. The molecule has 4 nitrogen and oxygen atoms in total. The van der Waals surface area contributed by atoms with E-state index < -0.39 is 5.82 Å². The highest BCUT2D eigenvalue weighted by Gasteiger charge is 2.21. The molecule has 0 atom stereocenters. The van der Waals surface area contributed by atoms with Crippen molar-refractivity contribution in [3.8, 4) is 11.1 Å². The van der Waals surface area contributed by atoms with Crippen LogP contribution in [-0.4, -0.2) is 20.6 Å². The minimum Gasteiger partial charge on any atom is -0.267 e. The number of nitrogens with zero attached hydrogens (tertiary/aromatic N) is 3. The highest BCUT2D eigenvalue weighted by atomic mass is 35.5. The van der Waals surface area contributed by atoms with Crippen molar-refractivity contribution < 1.29 is 4.39 Å². The second-order valence-corrected chi connectivity index (χ2v) is 9.24. The van der Waals surface area contributed by atoms with E-state index >= 15 is 0 Å². The molecule has 2 aromatic heterocycles. The van der Waals surface area contributed by atoms with Crippen LogP contribution in [-0.2, 0) is 0 Å². The molecule has 4 rings (SSSR count). The van der Waals surface area contributed by atoms with Crippen LogP contribution in [0.25, 0.3) is 16.8 Å². The van der Waals surface area contributed by atoms with Gasteiger partial charge >= 0.3 is 0 Å². The van der Waals surface area contributed by atoms with Crippen LogP contribution in [0.1, 0.15) is 33.7 Å². The summed E-state index contributed by atoms with van der Waals surface area (Å²) in [5.74, 6) is -0.401. The van der Waals surface area contributed by atoms with Gasteiger partial charge in [-0.1, -0.05) is 66.5 Å². The van der Waals surface area contributed by atoms with E-state index in [0.717, 1.165) is 4.90 Å². The Labute approximate surface area is 222 Å². The Kier molecular flexibility index (Phi) is 10.8. The smallest absolute Gasteiger partial charge is 0.267 e. The number of fused-ring (bicyclic) bond motifs is 1. The summed E-state index contributed by atoms with van der Waals surface area (Å²) in [5, 5.41) is 1.17. The average molecular weight is 563 g/mol. The molecule has 10 heteroatoms. The van der Waals surface area contributed by atoms with Gasteiger partial charge in [0.15, 0.2) is 5.65 Å². The Morgan fingerprint density at radius 2 is 1.68 bits per heavy atom. The minimum atomic E-state index is -0.401. The van der Waals surface area contributed by atoms with Gasteiger partial charge in [-0.05, 0) is 44.2 Å². The molecule has 2 heterocycles. The van der Waals surface area contributed by atoms with Gasteiger partial charge in [0.2, 0.25) is 0 Å². The second kappa shape index (κ2) is 12.8. The summed E-state index contributed by atoms with van der Waals surface area (Å²) >= 11 is 24.5. The highest BCUT2D eigenvalue weighted by Crippen LogP contribution is 2.35. The summed E-state index contributed by atoms with van der Waals surface area (Å²) in [5.41, 5.74) is 1.25. The summed E-state index contributed by atoms with van der Waals surface area (Å²) in [7, 11) is 0. The molecule has 0 N–H and O–H groups in total. The molecule has 0 saturated heterocycles. The average Bonchev–Trinajstić information content (AvgIpc) is 3.10. The number of hydrogen-bond donors (Lipinski definition) is 0. The van der Waals surface area contributed by atoms with Gasteiger partial charge in [0.05, 0.1) is 15.6 Å². The number of aromatic nitrogens is 3. The molecule has 0 aliphatic heterocycles. The van der Waals surface area contributed by atoms with Gasteiger partial charge < -0.3 is 0 Å². The van der Waals surface area contributed by atoms with Crippen molar-refractivity contribution in [3.63, 3.8) is 0 Å². The Morgan fingerprint density at radius 3 is 2.26 bits per heavy atom. The quantitative estimate of drug-likeness (QED) is 0.233. The lowest BCUT2D eigenvalue weighted by atomic mass is 10.1. The normalized spacial score (nSPS) is 10.6. The lowest BCUT2D eigenvalue weighted by Gasteiger charge is -2.11. The van der Waals surface area contributed by atoms with Crippen molar-refractivity contribution in [2.24, 2.45) is 0 Å². The highest BCUT2D eigenvalue weighted by molar-refractivity contribution is 7.99. The second-order valence-electron chi connectivity index (χ2n) is 6.88. The molecule has 0 aliphatic rings. The molecular formula is C24H24Cl4FN3OS. The predicted molar refractivity (Wildman–Crippen MR) is 144 cm³/mol. The van der Waals surface area contributed by atoms with E-state index in [-0.39, 0.29) is 11.6 Å². The number of halogens is 5. The first-order valence-corrected chi connectivity index (χ1v) is 13.1. The maximum absolute atomic E-state index is 13.3. The molecule has 2 aromatic carbocycles. The van der Waals surface area contributed by atoms with E-state index in [2.05, 4.69) is 16.6 Å². The summed E-state index contributed by atoms with van der Waals surface area (Å²) in [6.45, 7) is 7.83. The first-order valence-electron chi connectivity index (χ1n) is 10.3. The fourth-order valence-corrected chi connectivity index (χ4v) is 4.79. The number of hydrogen-bond acceptors (Lipinski definition) is 3. The van der Waals surface area contributed by atoms with Crippen molar-refractivity contribution in [2.45, 2.75) is 43.5 Å². The van der Waals surface area contributed by atoms with Gasteiger partial charge in [-0.25, -0.2) is 18.6 Å². The zero-order valence-corrected chi connectivity index (χ0v) is 23.1. The summed E-state index contributed by atoms with van der Waals surface area (Å²) in [6, 6.07) is 9.09. The van der Waals surface area contributed by atoms with Gasteiger partial charge in [0.25, 0.3) is 5.56 Å². The van der Waals surface area contributed by atoms with Crippen molar-refractivity contribution in [1.82, 2.24) is 14.2 Å². The molecule has 0 saturated carbocycles. The minimum absolute atomic E-state index is 0.124. The van der Waals surface area contributed by atoms with E-state index in [4.69, 9.17) is 34.8 Å². The molecule has 0 aliphatic carbocycles. The first kappa shape index (κ1) is 28.5. The largest absolute Gasteiger partial charge is 0.277 e. The molecule has 182 valence electrons. The topological polar surface area (TPSA) is 39.3 Å². The number of rotatable bonds is 4. The lowest BCUT2D eigenvalue weighted by molar-refractivity contribution is 0.486. The van der Waals surface area contributed by atoms with Crippen molar-refractivity contribution >= 4 is 63.8 Å². The van der Waals surface area contributed by atoms with Crippen LogP contribution in [0, 0.1) is 5.82 Å². The third-order valence-corrected chi connectivity index (χ3v) is 6.46. The zero-order valence-electron chi connectivity index (χ0n) is 19.2. The fraction of sp³-hybridized carbons (Fsp3) is 0.250. The molecule has 34 heavy (non-hydrogen) atoms. The van der Waals surface area contributed by atoms with Crippen molar-refractivity contribution in [2.75, 3.05) is 6.38 Å². The van der Waals surface area contributed by atoms with Crippen molar-refractivity contribution in [1.29, 1.82) is 0 Å². The van der Waals surface area contributed by atoms with Crippen LogP contribution in [0.2, 0.25) is 15.1 Å². The molecule has 0 unspecified atom stereocenters. The lowest BCUT2D eigenvalue weighted by Crippen LogP contribution is -2.22. The third kappa shape index (κ3) is 6.10. The van der Waals surface area contributed by atoms with Gasteiger partial charge in [0, 0.05) is 45.2 Å². The van der Waals surface area contributed by atoms with Crippen LogP contribution in [0.3, 0.4) is 0 Å². The Bertz CT molecular complexity index is 1340. The van der Waals surface area contributed by atoms with Crippen LogP contribution >= 0.6 is 58.2 Å². The molecule has 0 fully saturated rings. The summed E-state index contributed by atoms with van der Waals surface area (Å²) in [4.78, 5) is 19.2. The van der Waals surface area contributed by atoms with E-state index in [9.17, 15) is 9.18 Å². The summed E-state index contributed by atoms with van der Waals surface area (Å²) in [6.07, 6.45) is 4.93. The van der Waals surface area contributed by atoms with Gasteiger partial charge in [0.1, 0.15) is 5.82 Å². The van der Waals surface area contributed by atoms with Crippen LogP contribution in [0.5, 0.6) is 0 Å². The molecule has 0 radical (unpaired) electrons. The Balaban J connectivity index is 0.000000970. The Morgan fingerprint density at radius 1 is 1.00 bits per heavy atom.